The molecule has 5 heteroatoms. The van der Waals surface area contributed by atoms with E-state index in [0.717, 1.165) is 38.6 Å². The molecule has 15 heavy (non-hydrogen) atoms. The standard InChI is InChI=1S/C10H21NO3S/c1-15(13,14)10-6-4-5-9(10)11-7-2-3-8-12/h9-12H,2-8H2,1H3. The Morgan fingerprint density at radius 2 is 2.07 bits per heavy atom. The van der Waals surface area contributed by atoms with Crippen LogP contribution in [0.25, 0.3) is 0 Å². The van der Waals surface area contributed by atoms with Gasteiger partial charge in [0.25, 0.3) is 0 Å². The van der Waals surface area contributed by atoms with Crippen molar-refractivity contribution in [2.75, 3.05) is 19.4 Å². The van der Waals surface area contributed by atoms with Crippen LogP contribution >= 0.6 is 0 Å². The number of hydrogen-bond donors (Lipinski definition) is 2. The minimum Gasteiger partial charge on any atom is -0.396 e. The summed E-state index contributed by atoms with van der Waals surface area (Å²) in [6.07, 6.45) is 5.75. The van der Waals surface area contributed by atoms with Crippen molar-refractivity contribution >= 4 is 9.84 Å². The van der Waals surface area contributed by atoms with E-state index in [1.807, 2.05) is 0 Å². The number of rotatable bonds is 6. The molecule has 0 saturated heterocycles. The molecule has 0 aromatic carbocycles. The first kappa shape index (κ1) is 12.9. The van der Waals surface area contributed by atoms with Crippen molar-refractivity contribution in [3.8, 4) is 0 Å². The molecular formula is C10H21NO3S. The van der Waals surface area contributed by atoms with Crippen molar-refractivity contribution in [1.82, 2.24) is 5.32 Å². The quantitative estimate of drug-likeness (QED) is 0.650. The van der Waals surface area contributed by atoms with Crippen LogP contribution in [0.5, 0.6) is 0 Å². The molecule has 0 amide bonds. The number of aliphatic hydroxyl groups is 1. The zero-order valence-corrected chi connectivity index (χ0v) is 10.1. The first-order valence-corrected chi connectivity index (χ1v) is 7.54. The predicted molar refractivity (Wildman–Crippen MR) is 60.6 cm³/mol. The lowest BCUT2D eigenvalue weighted by atomic mass is 10.2. The van der Waals surface area contributed by atoms with E-state index < -0.39 is 9.84 Å². The number of hydrogen-bond acceptors (Lipinski definition) is 4. The van der Waals surface area contributed by atoms with Gasteiger partial charge >= 0.3 is 0 Å². The van der Waals surface area contributed by atoms with Crippen LogP contribution in [-0.4, -0.2) is 44.2 Å². The molecule has 1 fully saturated rings. The van der Waals surface area contributed by atoms with Crippen molar-refractivity contribution in [3.05, 3.63) is 0 Å². The Balaban J connectivity index is 2.34. The van der Waals surface area contributed by atoms with Gasteiger partial charge in [-0.05, 0) is 32.2 Å². The van der Waals surface area contributed by atoms with E-state index in [9.17, 15) is 8.42 Å². The van der Waals surface area contributed by atoms with Crippen molar-refractivity contribution in [2.24, 2.45) is 0 Å². The van der Waals surface area contributed by atoms with E-state index in [4.69, 9.17) is 5.11 Å². The molecule has 4 nitrogen and oxygen atoms in total. The van der Waals surface area contributed by atoms with E-state index in [-0.39, 0.29) is 17.9 Å². The third kappa shape index (κ3) is 4.09. The molecule has 0 radical (unpaired) electrons. The fourth-order valence-electron chi connectivity index (χ4n) is 2.20. The largest absolute Gasteiger partial charge is 0.396 e. The second-order valence-electron chi connectivity index (χ2n) is 4.29. The Morgan fingerprint density at radius 3 is 2.67 bits per heavy atom. The molecule has 0 aromatic heterocycles. The third-order valence-corrected chi connectivity index (χ3v) is 4.66. The lowest BCUT2D eigenvalue weighted by Gasteiger charge is -2.19. The number of nitrogens with one attached hydrogen (secondary N) is 1. The zero-order valence-electron chi connectivity index (χ0n) is 9.28. The van der Waals surface area contributed by atoms with Crippen molar-refractivity contribution in [1.29, 1.82) is 0 Å². The van der Waals surface area contributed by atoms with Crippen LogP contribution in [0, 0.1) is 0 Å². The summed E-state index contributed by atoms with van der Waals surface area (Å²) in [4.78, 5) is 0. The molecule has 0 spiro atoms. The van der Waals surface area contributed by atoms with Crippen molar-refractivity contribution < 1.29 is 13.5 Å². The summed E-state index contributed by atoms with van der Waals surface area (Å²) in [6.45, 7) is 1.01. The summed E-state index contributed by atoms with van der Waals surface area (Å²) in [5, 5.41) is 11.7. The maximum absolute atomic E-state index is 11.5. The van der Waals surface area contributed by atoms with Crippen LogP contribution in [0.4, 0.5) is 0 Å². The van der Waals surface area contributed by atoms with Crippen LogP contribution in [-0.2, 0) is 9.84 Å². The predicted octanol–water partition coefficient (Wildman–Crippen LogP) is 0.314. The van der Waals surface area contributed by atoms with E-state index in [0.29, 0.717) is 0 Å². The van der Waals surface area contributed by atoms with Crippen LogP contribution in [0.1, 0.15) is 32.1 Å². The monoisotopic (exact) mass is 235 g/mol. The lowest BCUT2D eigenvalue weighted by molar-refractivity contribution is 0.282. The van der Waals surface area contributed by atoms with Gasteiger partial charge in [-0.3, -0.25) is 0 Å². The average molecular weight is 235 g/mol. The van der Waals surface area contributed by atoms with Gasteiger partial charge in [-0.25, -0.2) is 8.42 Å². The molecule has 0 bridgehead atoms. The van der Waals surface area contributed by atoms with Gasteiger partial charge in [0.15, 0.2) is 9.84 Å². The molecule has 0 aromatic rings. The fourth-order valence-corrected chi connectivity index (χ4v) is 3.62. The second kappa shape index (κ2) is 5.82. The average Bonchev–Trinajstić information content (AvgIpc) is 2.59. The molecule has 1 saturated carbocycles. The lowest BCUT2D eigenvalue weighted by Crippen LogP contribution is -2.40. The molecule has 0 aliphatic heterocycles. The van der Waals surface area contributed by atoms with Crippen LogP contribution in [0.3, 0.4) is 0 Å². The Morgan fingerprint density at radius 1 is 1.33 bits per heavy atom. The van der Waals surface area contributed by atoms with Gasteiger partial charge < -0.3 is 10.4 Å². The molecule has 1 rings (SSSR count). The van der Waals surface area contributed by atoms with Gasteiger partial charge in [0.2, 0.25) is 0 Å². The minimum atomic E-state index is -2.91. The van der Waals surface area contributed by atoms with E-state index in [2.05, 4.69) is 5.32 Å². The van der Waals surface area contributed by atoms with Gasteiger partial charge in [0, 0.05) is 18.9 Å². The second-order valence-corrected chi connectivity index (χ2v) is 6.55. The number of sulfone groups is 1. The van der Waals surface area contributed by atoms with Crippen LogP contribution < -0.4 is 5.32 Å². The molecular weight excluding hydrogens is 214 g/mol. The topological polar surface area (TPSA) is 66.4 Å². The minimum absolute atomic E-state index is 0.124. The highest BCUT2D eigenvalue weighted by Crippen LogP contribution is 2.24. The molecule has 1 aliphatic rings. The summed E-state index contributed by atoms with van der Waals surface area (Å²) in [6, 6.07) is 0.124. The zero-order chi connectivity index (χ0) is 11.3. The van der Waals surface area contributed by atoms with E-state index in [1.54, 1.807) is 0 Å². The van der Waals surface area contributed by atoms with Gasteiger partial charge in [-0.1, -0.05) is 6.42 Å². The summed E-state index contributed by atoms with van der Waals surface area (Å²) in [5.74, 6) is 0. The third-order valence-electron chi connectivity index (χ3n) is 2.99. The molecule has 0 heterocycles. The first-order valence-electron chi connectivity index (χ1n) is 5.59. The first-order chi connectivity index (χ1) is 7.05. The highest BCUT2D eigenvalue weighted by molar-refractivity contribution is 7.91. The maximum atomic E-state index is 11.5. The Hall–Kier alpha value is -0.130. The highest BCUT2D eigenvalue weighted by atomic mass is 32.2. The summed E-state index contributed by atoms with van der Waals surface area (Å²) < 4.78 is 22.9. The van der Waals surface area contributed by atoms with Crippen LogP contribution in [0.15, 0.2) is 0 Å². The Bertz CT molecular complexity index is 276. The van der Waals surface area contributed by atoms with Crippen LogP contribution in [0.2, 0.25) is 0 Å². The van der Waals surface area contributed by atoms with E-state index in [1.165, 1.54) is 6.26 Å². The Kier molecular flexibility index (Phi) is 5.02. The van der Waals surface area contributed by atoms with Gasteiger partial charge in [0.1, 0.15) is 0 Å². The maximum Gasteiger partial charge on any atom is 0.151 e. The summed E-state index contributed by atoms with van der Waals surface area (Å²) >= 11 is 0. The smallest absolute Gasteiger partial charge is 0.151 e. The Labute approximate surface area is 92.0 Å². The molecule has 1 aliphatic carbocycles. The SMILES string of the molecule is CS(=O)(=O)C1CCCC1NCCCCO. The summed E-state index contributed by atoms with van der Waals surface area (Å²) in [5.41, 5.74) is 0. The fraction of sp³-hybridized carbons (Fsp3) is 1.00. The van der Waals surface area contributed by atoms with Gasteiger partial charge in [0.05, 0.1) is 5.25 Å². The number of aliphatic hydroxyl groups excluding tert-OH is 1. The molecule has 2 atom stereocenters. The molecule has 2 N–H and O–H groups in total. The van der Waals surface area contributed by atoms with Gasteiger partial charge in [-0.2, -0.15) is 0 Å². The van der Waals surface area contributed by atoms with E-state index >= 15 is 0 Å². The number of unbranched alkanes of at least 4 members (excludes halogenated alkanes) is 1. The molecule has 90 valence electrons. The summed E-state index contributed by atoms with van der Waals surface area (Å²) in [7, 11) is -2.91. The highest BCUT2D eigenvalue weighted by Gasteiger charge is 2.33. The van der Waals surface area contributed by atoms with Gasteiger partial charge in [-0.15, -0.1) is 0 Å². The molecule has 2 unspecified atom stereocenters. The van der Waals surface area contributed by atoms with Crippen molar-refractivity contribution in [3.63, 3.8) is 0 Å². The normalized spacial score (nSPS) is 27.1. The van der Waals surface area contributed by atoms with Crippen molar-refractivity contribution in [2.45, 2.75) is 43.4 Å².